The lowest BCUT2D eigenvalue weighted by atomic mass is 9.99. The average molecular weight is 299 g/mol. The molecule has 2 N–H and O–H groups in total. The van der Waals surface area contributed by atoms with Crippen LogP contribution in [0.4, 0.5) is 5.69 Å². The zero-order chi connectivity index (χ0) is 14.7. The van der Waals surface area contributed by atoms with Crippen LogP contribution >= 0.6 is 11.6 Å². The molecule has 1 saturated heterocycles. The number of nitrogens with zero attached hydrogens (tertiary/aromatic N) is 2. The van der Waals surface area contributed by atoms with Crippen molar-refractivity contribution in [1.82, 2.24) is 15.6 Å². The summed E-state index contributed by atoms with van der Waals surface area (Å²) in [5.41, 5.74) is -0.229. The SMILES string of the molecule is CC1NCCCC1NC(=O)c1cc([N+](=O)[O-])cnc1Cl. The minimum Gasteiger partial charge on any atom is -0.348 e. The molecule has 0 aromatic carbocycles. The smallest absolute Gasteiger partial charge is 0.288 e. The number of amides is 1. The summed E-state index contributed by atoms with van der Waals surface area (Å²) < 4.78 is 0. The zero-order valence-corrected chi connectivity index (χ0v) is 11.7. The zero-order valence-electron chi connectivity index (χ0n) is 10.9. The monoisotopic (exact) mass is 298 g/mol. The van der Waals surface area contributed by atoms with Gasteiger partial charge < -0.3 is 10.6 Å². The number of carbonyl (C=O) groups is 1. The average Bonchev–Trinajstić information content (AvgIpc) is 2.41. The van der Waals surface area contributed by atoms with Gasteiger partial charge in [0.15, 0.2) is 0 Å². The highest BCUT2D eigenvalue weighted by molar-refractivity contribution is 6.32. The van der Waals surface area contributed by atoms with Crippen molar-refractivity contribution < 1.29 is 9.72 Å². The van der Waals surface area contributed by atoms with Crippen LogP contribution in [-0.4, -0.2) is 34.4 Å². The van der Waals surface area contributed by atoms with Crippen LogP contribution in [0.15, 0.2) is 12.3 Å². The van der Waals surface area contributed by atoms with E-state index in [1.807, 2.05) is 6.92 Å². The minimum absolute atomic E-state index is 0.0217. The second-order valence-corrected chi connectivity index (χ2v) is 5.11. The van der Waals surface area contributed by atoms with Crippen LogP contribution in [0.2, 0.25) is 5.15 Å². The van der Waals surface area contributed by atoms with Gasteiger partial charge in [0.1, 0.15) is 11.3 Å². The third-order valence-electron chi connectivity index (χ3n) is 3.36. The summed E-state index contributed by atoms with van der Waals surface area (Å²) in [4.78, 5) is 26.0. The lowest BCUT2D eigenvalue weighted by molar-refractivity contribution is -0.385. The van der Waals surface area contributed by atoms with Crippen molar-refractivity contribution in [3.05, 3.63) is 33.1 Å². The first-order valence-corrected chi connectivity index (χ1v) is 6.71. The second-order valence-electron chi connectivity index (χ2n) is 4.75. The maximum Gasteiger partial charge on any atom is 0.288 e. The van der Waals surface area contributed by atoms with E-state index in [1.165, 1.54) is 0 Å². The summed E-state index contributed by atoms with van der Waals surface area (Å²) in [6.07, 6.45) is 2.86. The molecule has 0 saturated carbocycles. The highest BCUT2D eigenvalue weighted by atomic mass is 35.5. The number of carbonyl (C=O) groups excluding carboxylic acids is 1. The molecule has 1 aliphatic heterocycles. The first kappa shape index (κ1) is 14.7. The molecule has 7 nitrogen and oxygen atoms in total. The number of piperidine rings is 1. The molecule has 1 aromatic rings. The minimum atomic E-state index is -0.606. The van der Waals surface area contributed by atoms with Gasteiger partial charge in [-0.25, -0.2) is 4.98 Å². The van der Waals surface area contributed by atoms with Crippen LogP contribution in [0.1, 0.15) is 30.1 Å². The summed E-state index contributed by atoms with van der Waals surface area (Å²) in [6.45, 7) is 2.91. The topological polar surface area (TPSA) is 97.2 Å². The predicted molar refractivity (Wildman–Crippen MR) is 73.9 cm³/mol. The number of nitro groups is 1. The Morgan fingerprint density at radius 2 is 2.40 bits per heavy atom. The number of hydrogen-bond donors (Lipinski definition) is 2. The summed E-state index contributed by atoms with van der Waals surface area (Å²) in [5, 5.41) is 16.8. The molecule has 1 amide bonds. The predicted octanol–water partition coefficient (Wildman–Crippen LogP) is 1.51. The number of pyridine rings is 1. The Morgan fingerprint density at radius 3 is 3.05 bits per heavy atom. The Morgan fingerprint density at radius 1 is 1.65 bits per heavy atom. The van der Waals surface area contributed by atoms with Gasteiger partial charge in [-0.2, -0.15) is 0 Å². The highest BCUT2D eigenvalue weighted by Crippen LogP contribution is 2.19. The van der Waals surface area contributed by atoms with Crippen LogP contribution in [0.5, 0.6) is 0 Å². The molecule has 2 unspecified atom stereocenters. The molecule has 8 heteroatoms. The van der Waals surface area contributed by atoms with E-state index >= 15 is 0 Å². The van der Waals surface area contributed by atoms with E-state index in [0.717, 1.165) is 31.6 Å². The molecular weight excluding hydrogens is 284 g/mol. The van der Waals surface area contributed by atoms with Gasteiger partial charge in [-0.05, 0) is 26.3 Å². The third kappa shape index (κ3) is 3.23. The normalized spacial score (nSPS) is 22.3. The van der Waals surface area contributed by atoms with Crippen LogP contribution < -0.4 is 10.6 Å². The quantitative estimate of drug-likeness (QED) is 0.501. The molecule has 1 aliphatic rings. The van der Waals surface area contributed by atoms with Crippen LogP contribution in [-0.2, 0) is 0 Å². The Balaban J connectivity index is 2.16. The number of hydrogen-bond acceptors (Lipinski definition) is 5. The molecule has 0 bridgehead atoms. The maximum absolute atomic E-state index is 12.2. The van der Waals surface area contributed by atoms with Crippen molar-refractivity contribution in [3.8, 4) is 0 Å². The summed E-state index contributed by atoms with van der Waals surface area (Å²) in [5.74, 6) is -0.438. The van der Waals surface area contributed by atoms with Crippen molar-refractivity contribution in [1.29, 1.82) is 0 Å². The lowest BCUT2D eigenvalue weighted by Gasteiger charge is -2.30. The van der Waals surface area contributed by atoms with E-state index in [4.69, 9.17) is 11.6 Å². The number of aromatic nitrogens is 1. The Hall–Kier alpha value is -1.73. The molecule has 108 valence electrons. The largest absolute Gasteiger partial charge is 0.348 e. The van der Waals surface area contributed by atoms with Gasteiger partial charge in [-0.3, -0.25) is 14.9 Å². The van der Waals surface area contributed by atoms with Gasteiger partial charge >= 0.3 is 0 Å². The van der Waals surface area contributed by atoms with Crippen molar-refractivity contribution in [2.75, 3.05) is 6.54 Å². The Bertz CT molecular complexity index is 537. The van der Waals surface area contributed by atoms with Gasteiger partial charge in [-0.15, -0.1) is 0 Å². The fraction of sp³-hybridized carbons (Fsp3) is 0.500. The van der Waals surface area contributed by atoms with Gasteiger partial charge in [0.25, 0.3) is 11.6 Å². The molecule has 2 rings (SSSR count). The van der Waals surface area contributed by atoms with Crippen molar-refractivity contribution in [2.45, 2.75) is 31.8 Å². The molecule has 2 atom stereocenters. The Labute approximate surface area is 120 Å². The molecule has 0 radical (unpaired) electrons. The Kier molecular flexibility index (Phi) is 4.51. The molecule has 1 aromatic heterocycles. The summed E-state index contributed by atoms with van der Waals surface area (Å²) in [6, 6.07) is 1.27. The van der Waals surface area contributed by atoms with Crippen molar-refractivity contribution >= 4 is 23.2 Å². The fourth-order valence-corrected chi connectivity index (χ4v) is 2.37. The van der Waals surface area contributed by atoms with Gasteiger partial charge in [-0.1, -0.05) is 11.6 Å². The van der Waals surface area contributed by atoms with Crippen molar-refractivity contribution in [3.63, 3.8) is 0 Å². The third-order valence-corrected chi connectivity index (χ3v) is 3.66. The maximum atomic E-state index is 12.2. The van der Waals surface area contributed by atoms with Gasteiger partial charge in [0.2, 0.25) is 0 Å². The molecule has 20 heavy (non-hydrogen) atoms. The lowest BCUT2D eigenvalue weighted by Crippen LogP contribution is -2.51. The molecule has 1 fully saturated rings. The highest BCUT2D eigenvalue weighted by Gasteiger charge is 2.25. The van der Waals surface area contributed by atoms with Gasteiger partial charge in [0, 0.05) is 18.2 Å². The number of rotatable bonds is 3. The number of nitrogens with one attached hydrogen (secondary N) is 2. The molecule has 2 heterocycles. The first-order valence-electron chi connectivity index (χ1n) is 6.33. The van der Waals surface area contributed by atoms with E-state index in [-0.39, 0.29) is 28.5 Å². The van der Waals surface area contributed by atoms with E-state index in [1.54, 1.807) is 0 Å². The van der Waals surface area contributed by atoms with Crippen LogP contribution in [0, 0.1) is 10.1 Å². The van der Waals surface area contributed by atoms with Crippen LogP contribution in [0.25, 0.3) is 0 Å². The standard InChI is InChI=1S/C12H15ClN4O3/c1-7-10(3-2-4-14-7)16-12(18)9-5-8(17(19)20)6-15-11(9)13/h5-7,10,14H,2-4H2,1H3,(H,16,18). The molecule has 0 aliphatic carbocycles. The summed E-state index contributed by atoms with van der Waals surface area (Å²) >= 11 is 5.84. The van der Waals surface area contributed by atoms with E-state index in [0.29, 0.717) is 0 Å². The van der Waals surface area contributed by atoms with E-state index in [2.05, 4.69) is 15.6 Å². The fourth-order valence-electron chi connectivity index (χ4n) is 2.18. The van der Waals surface area contributed by atoms with E-state index in [9.17, 15) is 14.9 Å². The molecular formula is C12H15ClN4O3. The second kappa shape index (κ2) is 6.15. The first-order chi connectivity index (χ1) is 9.49. The van der Waals surface area contributed by atoms with E-state index < -0.39 is 10.8 Å². The van der Waals surface area contributed by atoms with Crippen LogP contribution in [0.3, 0.4) is 0 Å². The number of halogens is 1. The van der Waals surface area contributed by atoms with Crippen molar-refractivity contribution in [2.24, 2.45) is 0 Å². The summed E-state index contributed by atoms with van der Waals surface area (Å²) in [7, 11) is 0. The molecule has 0 spiro atoms. The van der Waals surface area contributed by atoms with Gasteiger partial charge in [0.05, 0.1) is 10.5 Å².